The van der Waals surface area contributed by atoms with Gasteiger partial charge in [0.2, 0.25) is 0 Å². The van der Waals surface area contributed by atoms with Crippen molar-refractivity contribution in [2.24, 2.45) is 5.92 Å². The summed E-state index contributed by atoms with van der Waals surface area (Å²) in [5.41, 5.74) is 1.95. The molecule has 1 N–H and O–H groups in total. The zero-order chi connectivity index (χ0) is 10.7. The number of ketones is 1. The molecule has 14 heavy (non-hydrogen) atoms. The van der Waals surface area contributed by atoms with E-state index in [4.69, 9.17) is 0 Å². The molecule has 0 heterocycles. The van der Waals surface area contributed by atoms with E-state index in [0.717, 1.165) is 11.1 Å². The Morgan fingerprint density at radius 1 is 1.29 bits per heavy atom. The summed E-state index contributed by atoms with van der Waals surface area (Å²) in [6, 6.07) is 7.59. The third-order valence-corrected chi connectivity index (χ3v) is 2.53. The first-order valence-corrected chi connectivity index (χ1v) is 4.77. The normalized spacial score (nSPS) is 14.9. The second kappa shape index (κ2) is 4.38. The quantitative estimate of drug-likeness (QED) is 0.797. The molecule has 0 aliphatic rings. The van der Waals surface area contributed by atoms with E-state index in [-0.39, 0.29) is 11.7 Å². The first kappa shape index (κ1) is 10.9. The van der Waals surface area contributed by atoms with Gasteiger partial charge in [-0.1, -0.05) is 36.8 Å². The van der Waals surface area contributed by atoms with Crippen molar-refractivity contribution >= 4 is 5.78 Å². The molecule has 76 valence electrons. The molecule has 0 spiro atoms. The summed E-state index contributed by atoms with van der Waals surface area (Å²) in [5, 5.41) is 9.83. The minimum absolute atomic E-state index is 0.0121. The van der Waals surface area contributed by atoms with Gasteiger partial charge in [-0.3, -0.25) is 4.79 Å². The lowest BCUT2D eigenvalue weighted by Crippen LogP contribution is -2.16. The van der Waals surface area contributed by atoms with E-state index in [1.165, 1.54) is 6.92 Å². The highest BCUT2D eigenvalue weighted by Crippen LogP contribution is 2.22. The highest BCUT2D eigenvalue weighted by atomic mass is 16.3. The lowest BCUT2D eigenvalue weighted by Gasteiger charge is -2.16. The average molecular weight is 192 g/mol. The van der Waals surface area contributed by atoms with Crippen molar-refractivity contribution < 1.29 is 9.90 Å². The van der Waals surface area contributed by atoms with E-state index in [9.17, 15) is 9.90 Å². The average Bonchev–Trinajstić information content (AvgIpc) is 2.16. The van der Waals surface area contributed by atoms with E-state index in [0.29, 0.717) is 0 Å². The fourth-order valence-corrected chi connectivity index (χ4v) is 1.27. The smallest absolute Gasteiger partial charge is 0.135 e. The number of aliphatic hydroxyl groups is 1. The topological polar surface area (TPSA) is 37.3 Å². The summed E-state index contributed by atoms with van der Waals surface area (Å²) in [6.07, 6.45) is -0.687. The molecule has 0 unspecified atom stereocenters. The summed E-state index contributed by atoms with van der Waals surface area (Å²) in [4.78, 5) is 11.1. The van der Waals surface area contributed by atoms with Gasteiger partial charge in [0.15, 0.2) is 0 Å². The maximum atomic E-state index is 11.1. The lowest BCUT2D eigenvalue weighted by molar-refractivity contribution is -0.123. The summed E-state index contributed by atoms with van der Waals surface area (Å²) in [5.74, 6) is -0.323. The van der Waals surface area contributed by atoms with Gasteiger partial charge >= 0.3 is 0 Å². The van der Waals surface area contributed by atoms with Crippen LogP contribution in [0, 0.1) is 12.8 Å². The summed E-state index contributed by atoms with van der Waals surface area (Å²) in [6.45, 7) is 5.24. The Kier molecular flexibility index (Phi) is 3.42. The molecule has 0 aliphatic carbocycles. The molecule has 1 rings (SSSR count). The van der Waals surface area contributed by atoms with Crippen LogP contribution in [0.3, 0.4) is 0 Å². The van der Waals surface area contributed by atoms with Gasteiger partial charge in [0.25, 0.3) is 0 Å². The van der Waals surface area contributed by atoms with Crippen molar-refractivity contribution in [3.63, 3.8) is 0 Å². The van der Waals surface area contributed by atoms with Crippen LogP contribution >= 0.6 is 0 Å². The standard InChI is InChI=1S/C12H16O2/c1-8-4-6-11(7-5-8)12(14)9(2)10(3)13/h4-7,9,12,14H,1-3H3/t9-,12+/m0/s1. The number of Topliss-reactive ketones (excluding diaryl/α,β-unsaturated/α-hetero) is 1. The maximum Gasteiger partial charge on any atom is 0.135 e. The van der Waals surface area contributed by atoms with Crippen molar-refractivity contribution in [2.75, 3.05) is 0 Å². The van der Waals surface area contributed by atoms with Crippen LogP contribution in [0.1, 0.15) is 31.1 Å². The number of benzene rings is 1. The van der Waals surface area contributed by atoms with Gasteiger partial charge < -0.3 is 5.11 Å². The molecule has 0 saturated heterocycles. The molecular weight excluding hydrogens is 176 g/mol. The zero-order valence-corrected chi connectivity index (χ0v) is 8.82. The van der Waals surface area contributed by atoms with Crippen LogP contribution in [-0.4, -0.2) is 10.9 Å². The number of hydrogen-bond acceptors (Lipinski definition) is 2. The minimum atomic E-state index is -0.687. The molecule has 0 fully saturated rings. The molecule has 1 aromatic rings. The monoisotopic (exact) mass is 192 g/mol. The second-order valence-corrected chi connectivity index (χ2v) is 3.75. The fourth-order valence-electron chi connectivity index (χ4n) is 1.27. The van der Waals surface area contributed by atoms with E-state index in [1.54, 1.807) is 6.92 Å². The van der Waals surface area contributed by atoms with Crippen LogP contribution in [0.5, 0.6) is 0 Å². The third-order valence-electron chi connectivity index (χ3n) is 2.53. The molecular formula is C12H16O2. The van der Waals surface area contributed by atoms with Crippen LogP contribution in [0.4, 0.5) is 0 Å². The second-order valence-electron chi connectivity index (χ2n) is 3.75. The van der Waals surface area contributed by atoms with Crippen LogP contribution in [-0.2, 0) is 4.79 Å². The first-order chi connectivity index (χ1) is 6.52. The molecule has 2 nitrogen and oxygen atoms in total. The summed E-state index contributed by atoms with van der Waals surface area (Å²) < 4.78 is 0. The number of aliphatic hydroxyl groups excluding tert-OH is 1. The number of carbonyl (C=O) groups excluding carboxylic acids is 1. The van der Waals surface area contributed by atoms with Gasteiger partial charge in [0.1, 0.15) is 5.78 Å². The summed E-state index contributed by atoms with van der Waals surface area (Å²) >= 11 is 0. The highest BCUT2D eigenvalue weighted by Gasteiger charge is 2.19. The number of rotatable bonds is 3. The zero-order valence-electron chi connectivity index (χ0n) is 8.82. The molecule has 2 heteroatoms. The van der Waals surface area contributed by atoms with E-state index >= 15 is 0 Å². The van der Waals surface area contributed by atoms with Gasteiger partial charge in [-0.05, 0) is 19.4 Å². The van der Waals surface area contributed by atoms with Gasteiger partial charge in [-0.25, -0.2) is 0 Å². The lowest BCUT2D eigenvalue weighted by atomic mass is 9.94. The Hall–Kier alpha value is -1.15. The Labute approximate surface area is 84.6 Å². The molecule has 0 radical (unpaired) electrons. The van der Waals surface area contributed by atoms with Gasteiger partial charge in [-0.15, -0.1) is 0 Å². The number of aryl methyl sites for hydroxylation is 1. The molecule has 1 aromatic carbocycles. The Bertz CT molecular complexity index is 314. The number of hydrogen-bond donors (Lipinski definition) is 1. The Morgan fingerprint density at radius 2 is 1.79 bits per heavy atom. The first-order valence-electron chi connectivity index (χ1n) is 4.77. The Morgan fingerprint density at radius 3 is 2.21 bits per heavy atom. The predicted molar refractivity (Wildman–Crippen MR) is 56.0 cm³/mol. The van der Waals surface area contributed by atoms with E-state index < -0.39 is 6.10 Å². The molecule has 0 bridgehead atoms. The van der Waals surface area contributed by atoms with Crippen LogP contribution < -0.4 is 0 Å². The van der Waals surface area contributed by atoms with Crippen LogP contribution in [0.15, 0.2) is 24.3 Å². The van der Waals surface area contributed by atoms with Crippen molar-refractivity contribution in [1.29, 1.82) is 0 Å². The van der Waals surface area contributed by atoms with E-state index in [1.807, 2.05) is 31.2 Å². The van der Waals surface area contributed by atoms with Gasteiger partial charge in [0, 0.05) is 5.92 Å². The van der Waals surface area contributed by atoms with Crippen molar-refractivity contribution in [3.05, 3.63) is 35.4 Å². The van der Waals surface area contributed by atoms with Gasteiger partial charge in [-0.2, -0.15) is 0 Å². The summed E-state index contributed by atoms with van der Waals surface area (Å²) in [7, 11) is 0. The Balaban J connectivity index is 2.84. The largest absolute Gasteiger partial charge is 0.388 e. The molecule has 2 atom stereocenters. The van der Waals surface area contributed by atoms with Crippen molar-refractivity contribution in [2.45, 2.75) is 26.9 Å². The highest BCUT2D eigenvalue weighted by molar-refractivity contribution is 5.78. The maximum absolute atomic E-state index is 11.1. The minimum Gasteiger partial charge on any atom is -0.388 e. The predicted octanol–water partition coefficient (Wildman–Crippen LogP) is 2.25. The SMILES string of the molecule is CC(=O)[C@H](C)[C@@H](O)c1ccc(C)cc1. The van der Waals surface area contributed by atoms with Gasteiger partial charge in [0.05, 0.1) is 6.10 Å². The molecule has 0 aliphatic heterocycles. The fraction of sp³-hybridized carbons (Fsp3) is 0.417. The number of carbonyl (C=O) groups is 1. The van der Waals surface area contributed by atoms with Crippen molar-refractivity contribution in [1.82, 2.24) is 0 Å². The molecule has 0 saturated carbocycles. The van der Waals surface area contributed by atoms with E-state index in [2.05, 4.69) is 0 Å². The van der Waals surface area contributed by atoms with Crippen LogP contribution in [0.25, 0.3) is 0 Å². The van der Waals surface area contributed by atoms with Crippen molar-refractivity contribution in [3.8, 4) is 0 Å². The molecule has 0 aromatic heterocycles. The van der Waals surface area contributed by atoms with Crippen LogP contribution in [0.2, 0.25) is 0 Å². The molecule has 0 amide bonds. The third kappa shape index (κ3) is 2.42.